The van der Waals surface area contributed by atoms with Crippen molar-refractivity contribution in [2.24, 2.45) is 0 Å². The number of rotatable bonds is 6. The molecule has 2 heterocycles. The van der Waals surface area contributed by atoms with Crippen LogP contribution in [0.1, 0.15) is 27.9 Å². The van der Waals surface area contributed by atoms with E-state index in [9.17, 15) is 22.8 Å². The van der Waals surface area contributed by atoms with E-state index >= 15 is 0 Å². The molecule has 1 aliphatic rings. The molecule has 0 unspecified atom stereocenters. The van der Waals surface area contributed by atoms with E-state index in [4.69, 9.17) is 4.74 Å². The number of alkyl halides is 3. The number of esters is 1. The highest BCUT2D eigenvalue weighted by molar-refractivity contribution is 7.17. The molecule has 1 aliphatic heterocycles. The molecule has 11 heteroatoms. The number of anilines is 2. The number of carbonyl (C=O) groups excluding carboxylic acids is 2. The van der Waals surface area contributed by atoms with Crippen LogP contribution in [0.2, 0.25) is 0 Å². The highest BCUT2D eigenvalue weighted by Gasteiger charge is 2.31. The Morgan fingerprint density at radius 2 is 1.94 bits per heavy atom. The third-order valence-electron chi connectivity index (χ3n) is 4.78. The second-order valence-electron chi connectivity index (χ2n) is 7.01. The van der Waals surface area contributed by atoms with Gasteiger partial charge in [-0.2, -0.15) is 13.2 Å². The topological polar surface area (TPSA) is 74.8 Å². The van der Waals surface area contributed by atoms with Crippen LogP contribution in [-0.4, -0.2) is 61.1 Å². The molecule has 0 bridgehead atoms. The number of amides is 1. The van der Waals surface area contributed by atoms with Gasteiger partial charge in [-0.3, -0.25) is 9.69 Å². The number of ether oxygens (including phenoxy) is 1. The van der Waals surface area contributed by atoms with E-state index in [-0.39, 0.29) is 19.1 Å². The standard InChI is InChI=1S/C20H23F3N4O3S/c1-3-30-18(29)17-13(2)24-19(31-17)25-16(28)12-26-7-9-27(10-8-26)15-6-4-5-14(11-15)20(21,22)23/h4-6,11H,3,7-10,12H2,1-2H3,(H,24,25,28). The average Bonchev–Trinajstić information content (AvgIpc) is 3.08. The number of thiazole rings is 1. The Bertz CT molecular complexity index is 940. The van der Waals surface area contributed by atoms with Crippen molar-refractivity contribution < 1.29 is 27.5 Å². The van der Waals surface area contributed by atoms with Crippen molar-refractivity contribution in [2.75, 3.05) is 49.5 Å². The number of nitrogens with one attached hydrogen (secondary N) is 1. The SMILES string of the molecule is CCOC(=O)c1sc(NC(=O)CN2CCN(c3cccc(C(F)(F)F)c3)CC2)nc1C. The zero-order valence-electron chi connectivity index (χ0n) is 17.2. The summed E-state index contributed by atoms with van der Waals surface area (Å²) < 4.78 is 43.7. The summed E-state index contributed by atoms with van der Waals surface area (Å²) in [5, 5.41) is 3.02. The summed E-state index contributed by atoms with van der Waals surface area (Å²) in [5.41, 5.74) is 0.338. The Kier molecular flexibility index (Phi) is 7.16. The lowest BCUT2D eigenvalue weighted by Crippen LogP contribution is -2.48. The summed E-state index contributed by atoms with van der Waals surface area (Å²) in [6.07, 6.45) is -4.38. The molecular formula is C20H23F3N4O3S. The average molecular weight is 456 g/mol. The summed E-state index contributed by atoms with van der Waals surface area (Å²) in [7, 11) is 0. The van der Waals surface area contributed by atoms with Crippen LogP contribution < -0.4 is 10.2 Å². The van der Waals surface area contributed by atoms with Gasteiger partial charge in [0.05, 0.1) is 24.4 Å². The zero-order valence-corrected chi connectivity index (χ0v) is 18.0. The molecule has 0 saturated carbocycles. The summed E-state index contributed by atoms with van der Waals surface area (Å²) in [6.45, 7) is 5.86. The normalized spacial score (nSPS) is 15.1. The Labute approximate surface area is 181 Å². The minimum Gasteiger partial charge on any atom is -0.462 e. The van der Waals surface area contributed by atoms with Gasteiger partial charge in [0.25, 0.3) is 0 Å². The van der Waals surface area contributed by atoms with E-state index in [0.717, 1.165) is 23.5 Å². The van der Waals surface area contributed by atoms with E-state index in [2.05, 4.69) is 10.3 Å². The summed E-state index contributed by atoms with van der Waals surface area (Å²) in [4.78, 5) is 32.6. The van der Waals surface area contributed by atoms with Gasteiger partial charge in [-0.05, 0) is 32.0 Å². The first kappa shape index (κ1) is 23.0. The lowest BCUT2D eigenvalue weighted by Gasteiger charge is -2.35. The van der Waals surface area contributed by atoms with E-state index < -0.39 is 17.7 Å². The molecule has 1 N–H and O–H groups in total. The van der Waals surface area contributed by atoms with Crippen LogP contribution >= 0.6 is 11.3 Å². The van der Waals surface area contributed by atoms with Crippen molar-refractivity contribution in [3.8, 4) is 0 Å². The lowest BCUT2D eigenvalue weighted by molar-refractivity contribution is -0.137. The number of piperazine rings is 1. The molecular weight excluding hydrogens is 433 g/mol. The van der Waals surface area contributed by atoms with E-state index in [1.165, 1.54) is 6.07 Å². The molecule has 168 valence electrons. The Balaban J connectivity index is 1.52. The van der Waals surface area contributed by atoms with Crippen LogP contribution in [0.15, 0.2) is 24.3 Å². The highest BCUT2D eigenvalue weighted by atomic mass is 32.1. The molecule has 31 heavy (non-hydrogen) atoms. The predicted octanol–water partition coefficient (Wildman–Crippen LogP) is 3.41. The Morgan fingerprint density at radius 1 is 1.23 bits per heavy atom. The van der Waals surface area contributed by atoms with Gasteiger partial charge in [-0.15, -0.1) is 0 Å². The van der Waals surface area contributed by atoms with Crippen LogP contribution in [0.4, 0.5) is 24.0 Å². The largest absolute Gasteiger partial charge is 0.462 e. The Morgan fingerprint density at radius 3 is 2.58 bits per heavy atom. The predicted molar refractivity (Wildman–Crippen MR) is 112 cm³/mol. The summed E-state index contributed by atoms with van der Waals surface area (Å²) >= 11 is 1.06. The summed E-state index contributed by atoms with van der Waals surface area (Å²) in [6, 6.07) is 5.26. The van der Waals surface area contributed by atoms with Crippen molar-refractivity contribution >= 4 is 34.0 Å². The third-order valence-corrected chi connectivity index (χ3v) is 5.83. The van der Waals surface area contributed by atoms with E-state index in [0.29, 0.717) is 47.6 Å². The van der Waals surface area contributed by atoms with Crippen LogP contribution in [0.5, 0.6) is 0 Å². The number of nitrogens with zero attached hydrogens (tertiary/aromatic N) is 3. The molecule has 3 rings (SSSR count). The van der Waals surface area contributed by atoms with Crippen molar-refractivity contribution in [1.82, 2.24) is 9.88 Å². The first-order chi connectivity index (χ1) is 14.7. The maximum absolute atomic E-state index is 12.9. The number of hydrogen-bond acceptors (Lipinski definition) is 7. The molecule has 1 amide bonds. The van der Waals surface area contributed by atoms with Gasteiger partial charge >= 0.3 is 12.1 Å². The van der Waals surface area contributed by atoms with Gasteiger partial charge in [-0.1, -0.05) is 17.4 Å². The first-order valence-corrected chi connectivity index (χ1v) is 10.6. The van der Waals surface area contributed by atoms with Gasteiger partial charge in [0.15, 0.2) is 5.13 Å². The van der Waals surface area contributed by atoms with Gasteiger partial charge in [-0.25, -0.2) is 9.78 Å². The second-order valence-corrected chi connectivity index (χ2v) is 8.01. The van der Waals surface area contributed by atoms with Gasteiger partial charge in [0, 0.05) is 31.9 Å². The van der Waals surface area contributed by atoms with Crippen molar-refractivity contribution in [3.63, 3.8) is 0 Å². The molecule has 0 aliphatic carbocycles. The van der Waals surface area contributed by atoms with Crippen LogP contribution in [-0.2, 0) is 15.7 Å². The number of carbonyl (C=O) groups is 2. The maximum Gasteiger partial charge on any atom is 0.416 e. The van der Waals surface area contributed by atoms with Crippen molar-refractivity contribution in [1.29, 1.82) is 0 Å². The molecule has 0 radical (unpaired) electrons. The van der Waals surface area contributed by atoms with Crippen molar-refractivity contribution in [3.05, 3.63) is 40.4 Å². The molecule has 1 aromatic heterocycles. The molecule has 0 spiro atoms. The zero-order chi connectivity index (χ0) is 22.6. The molecule has 1 fully saturated rings. The number of aromatic nitrogens is 1. The quantitative estimate of drug-likeness (QED) is 0.672. The fourth-order valence-electron chi connectivity index (χ4n) is 3.24. The smallest absolute Gasteiger partial charge is 0.416 e. The van der Waals surface area contributed by atoms with E-state index in [1.54, 1.807) is 19.9 Å². The third kappa shape index (κ3) is 5.95. The number of hydrogen-bond donors (Lipinski definition) is 1. The van der Waals surface area contributed by atoms with E-state index in [1.807, 2.05) is 9.80 Å². The van der Waals surface area contributed by atoms with Gasteiger partial charge in [0.1, 0.15) is 4.88 Å². The molecule has 1 aromatic carbocycles. The number of benzene rings is 1. The Hall–Kier alpha value is -2.66. The fourth-order valence-corrected chi connectivity index (χ4v) is 4.12. The number of halogens is 3. The summed E-state index contributed by atoms with van der Waals surface area (Å²) in [5.74, 6) is -0.736. The van der Waals surface area contributed by atoms with Gasteiger partial charge < -0.3 is 15.0 Å². The second kappa shape index (κ2) is 9.65. The van der Waals surface area contributed by atoms with Crippen molar-refractivity contribution in [2.45, 2.75) is 20.0 Å². The lowest BCUT2D eigenvalue weighted by atomic mass is 10.1. The maximum atomic E-state index is 12.9. The van der Waals surface area contributed by atoms with Crippen LogP contribution in [0.25, 0.3) is 0 Å². The minimum atomic E-state index is -4.38. The first-order valence-electron chi connectivity index (χ1n) is 9.76. The molecule has 0 atom stereocenters. The van der Waals surface area contributed by atoms with Crippen LogP contribution in [0, 0.1) is 6.92 Å². The molecule has 7 nitrogen and oxygen atoms in total. The highest BCUT2D eigenvalue weighted by Crippen LogP contribution is 2.32. The number of aryl methyl sites for hydroxylation is 1. The van der Waals surface area contributed by atoms with Gasteiger partial charge in [0.2, 0.25) is 5.91 Å². The monoisotopic (exact) mass is 456 g/mol. The minimum absolute atomic E-state index is 0.129. The fraction of sp³-hybridized carbons (Fsp3) is 0.450. The molecule has 1 saturated heterocycles. The molecule has 2 aromatic rings. The van der Waals surface area contributed by atoms with Crippen LogP contribution in [0.3, 0.4) is 0 Å².